The third-order valence-electron chi connectivity index (χ3n) is 5.18. The number of nitrogens with two attached hydrogens (primary N) is 1. The first-order chi connectivity index (χ1) is 13.1. The summed E-state index contributed by atoms with van der Waals surface area (Å²) in [5.41, 5.74) is 9.02. The molecule has 1 aromatic heterocycles. The summed E-state index contributed by atoms with van der Waals surface area (Å²) in [7, 11) is 0. The van der Waals surface area contributed by atoms with Gasteiger partial charge in [0.25, 0.3) is 5.91 Å². The Morgan fingerprint density at radius 2 is 1.96 bits per heavy atom. The van der Waals surface area contributed by atoms with Gasteiger partial charge in [-0.15, -0.1) is 0 Å². The normalized spacial score (nSPS) is 19.0. The summed E-state index contributed by atoms with van der Waals surface area (Å²) in [5.74, 6) is -0.0796. The number of nitrogens with one attached hydrogen (secondary N) is 1. The lowest BCUT2D eigenvalue weighted by Gasteiger charge is -2.20. The number of hydrogen-bond acceptors (Lipinski definition) is 5. The number of benzene rings is 1. The van der Waals surface area contributed by atoms with Crippen molar-refractivity contribution >= 4 is 17.8 Å². The maximum atomic E-state index is 12.8. The number of carbonyl (C=O) groups is 2. The van der Waals surface area contributed by atoms with Gasteiger partial charge in [0.2, 0.25) is 11.9 Å². The van der Waals surface area contributed by atoms with E-state index >= 15 is 0 Å². The quantitative estimate of drug-likeness (QED) is 0.854. The number of aromatic nitrogens is 2. The van der Waals surface area contributed by atoms with Gasteiger partial charge in [-0.3, -0.25) is 9.59 Å². The molecule has 1 aliphatic heterocycles. The Labute approximate surface area is 158 Å². The van der Waals surface area contributed by atoms with Crippen LogP contribution in [-0.4, -0.2) is 39.3 Å². The minimum Gasteiger partial charge on any atom is -0.368 e. The number of rotatable bonds is 4. The molecule has 0 radical (unpaired) electrons. The highest BCUT2D eigenvalue weighted by Crippen LogP contribution is 2.23. The van der Waals surface area contributed by atoms with E-state index in [1.54, 1.807) is 4.90 Å². The summed E-state index contributed by atoms with van der Waals surface area (Å²) >= 11 is 0. The fraction of sp³-hybridized carbons (Fsp3) is 0.400. The first kappa shape index (κ1) is 17.5. The lowest BCUT2D eigenvalue weighted by Crippen LogP contribution is -2.38. The van der Waals surface area contributed by atoms with E-state index in [4.69, 9.17) is 5.73 Å². The summed E-state index contributed by atoms with van der Waals surface area (Å²) in [6.45, 7) is 1.06. The van der Waals surface area contributed by atoms with Crippen LogP contribution in [-0.2, 0) is 24.2 Å². The summed E-state index contributed by atoms with van der Waals surface area (Å²) in [6.07, 6.45) is 4.00. The zero-order valence-electron chi connectivity index (χ0n) is 15.1. The zero-order valence-corrected chi connectivity index (χ0v) is 15.1. The molecule has 2 aromatic rings. The van der Waals surface area contributed by atoms with Crippen LogP contribution >= 0.6 is 0 Å². The summed E-state index contributed by atoms with van der Waals surface area (Å²) < 4.78 is 0. The van der Waals surface area contributed by atoms with E-state index in [1.807, 2.05) is 30.3 Å². The number of carbonyl (C=O) groups excluding carboxylic acids is 2. The van der Waals surface area contributed by atoms with Crippen LogP contribution in [0.1, 0.15) is 46.6 Å². The fourth-order valence-corrected chi connectivity index (χ4v) is 3.88. The Hall–Kier alpha value is -2.96. The molecule has 0 unspecified atom stereocenters. The van der Waals surface area contributed by atoms with Crippen LogP contribution in [0.4, 0.5) is 5.95 Å². The molecule has 7 heteroatoms. The second-order valence-electron chi connectivity index (χ2n) is 7.20. The van der Waals surface area contributed by atoms with E-state index in [2.05, 4.69) is 15.3 Å². The predicted molar refractivity (Wildman–Crippen MR) is 101 cm³/mol. The molecule has 4 rings (SSSR count). The van der Waals surface area contributed by atoms with E-state index < -0.39 is 0 Å². The standard InChI is InChI=1S/C20H23N5O2/c21-20-23-16-9-5-4-8-15(16)18(24-20)19(27)22-14-10-17(26)25(12-14)11-13-6-2-1-3-7-13/h1-3,6-7,14H,4-5,8-12H2,(H,22,27)(H2,21,23,24)/t14-/m1/s1. The highest BCUT2D eigenvalue weighted by Gasteiger charge is 2.32. The average Bonchev–Trinajstić information content (AvgIpc) is 3.00. The summed E-state index contributed by atoms with van der Waals surface area (Å²) in [5, 5.41) is 2.97. The van der Waals surface area contributed by atoms with Gasteiger partial charge in [0.15, 0.2) is 0 Å². The van der Waals surface area contributed by atoms with E-state index in [9.17, 15) is 9.59 Å². The predicted octanol–water partition coefficient (Wildman–Crippen LogP) is 1.47. The molecule has 140 valence electrons. The van der Waals surface area contributed by atoms with Crippen molar-refractivity contribution in [2.75, 3.05) is 12.3 Å². The van der Waals surface area contributed by atoms with Gasteiger partial charge in [-0.05, 0) is 31.2 Å². The third kappa shape index (κ3) is 3.77. The molecule has 2 amide bonds. The molecule has 0 bridgehead atoms. The van der Waals surface area contributed by atoms with Gasteiger partial charge in [0.1, 0.15) is 5.69 Å². The number of amides is 2. The molecule has 1 aliphatic carbocycles. The lowest BCUT2D eigenvalue weighted by atomic mass is 9.94. The van der Waals surface area contributed by atoms with Gasteiger partial charge >= 0.3 is 0 Å². The van der Waals surface area contributed by atoms with Crippen LogP contribution < -0.4 is 11.1 Å². The van der Waals surface area contributed by atoms with E-state index in [-0.39, 0.29) is 23.8 Å². The molecule has 2 heterocycles. The summed E-state index contributed by atoms with van der Waals surface area (Å²) in [6, 6.07) is 9.64. The molecule has 1 saturated heterocycles. The van der Waals surface area contributed by atoms with Crippen LogP contribution in [0.5, 0.6) is 0 Å². The fourth-order valence-electron chi connectivity index (χ4n) is 3.88. The zero-order chi connectivity index (χ0) is 18.8. The van der Waals surface area contributed by atoms with Crippen molar-refractivity contribution < 1.29 is 9.59 Å². The van der Waals surface area contributed by atoms with Gasteiger partial charge < -0.3 is 16.0 Å². The van der Waals surface area contributed by atoms with Crippen molar-refractivity contribution in [1.29, 1.82) is 0 Å². The maximum Gasteiger partial charge on any atom is 0.270 e. The Morgan fingerprint density at radius 3 is 2.78 bits per heavy atom. The van der Waals surface area contributed by atoms with Crippen molar-refractivity contribution in [2.45, 2.75) is 44.7 Å². The highest BCUT2D eigenvalue weighted by molar-refractivity contribution is 5.95. The first-order valence-corrected chi connectivity index (χ1v) is 9.38. The molecule has 3 N–H and O–H groups in total. The van der Waals surface area contributed by atoms with Gasteiger partial charge in [-0.25, -0.2) is 9.97 Å². The third-order valence-corrected chi connectivity index (χ3v) is 5.18. The molecule has 2 aliphatic rings. The largest absolute Gasteiger partial charge is 0.368 e. The number of anilines is 1. The van der Waals surface area contributed by atoms with Gasteiger partial charge in [-0.2, -0.15) is 0 Å². The monoisotopic (exact) mass is 365 g/mol. The minimum atomic E-state index is -0.262. The molecule has 27 heavy (non-hydrogen) atoms. The lowest BCUT2D eigenvalue weighted by molar-refractivity contribution is -0.128. The van der Waals surface area contributed by atoms with Crippen molar-refractivity contribution in [3.63, 3.8) is 0 Å². The van der Waals surface area contributed by atoms with Crippen LogP contribution in [0.3, 0.4) is 0 Å². The van der Waals surface area contributed by atoms with Crippen molar-refractivity contribution in [3.8, 4) is 0 Å². The van der Waals surface area contributed by atoms with Crippen LogP contribution in [0.2, 0.25) is 0 Å². The molecular formula is C20H23N5O2. The number of aryl methyl sites for hydroxylation is 1. The average molecular weight is 365 g/mol. The second-order valence-corrected chi connectivity index (χ2v) is 7.20. The molecule has 1 aromatic carbocycles. The number of likely N-dealkylation sites (tertiary alicyclic amines) is 1. The van der Waals surface area contributed by atoms with Crippen molar-refractivity contribution in [1.82, 2.24) is 20.2 Å². The van der Waals surface area contributed by atoms with Crippen LogP contribution in [0.25, 0.3) is 0 Å². The Kier molecular flexibility index (Phi) is 4.75. The minimum absolute atomic E-state index is 0.0494. The number of hydrogen-bond donors (Lipinski definition) is 2. The molecular weight excluding hydrogens is 342 g/mol. The Bertz CT molecular complexity index is 868. The van der Waals surface area contributed by atoms with Gasteiger partial charge in [0, 0.05) is 30.8 Å². The molecule has 7 nitrogen and oxygen atoms in total. The van der Waals surface area contributed by atoms with Crippen LogP contribution in [0.15, 0.2) is 30.3 Å². The molecule has 0 spiro atoms. The maximum absolute atomic E-state index is 12.8. The summed E-state index contributed by atoms with van der Waals surface area (Å²) in [4.78, 5) is 35.4. The topological polar surface area (TPSA) is 101 Å². The van der Waals surface area contributed by atoms with Gasteiger partial charge in [0.05, 0.1) is 6.04 Å². The van der Waals surface area contributed by atoms with E-state index in [0.717, 1.165) is 42.5 Å². The first-order valence-electron chi connectivity index (χ1n) is 9.38. The van der Waals surface area contributed by atoms with Crippen molar-refractivity contribution in [2.24, 2.45) is 0 Å². The van der Waals surface area contributed by atoms with Gasteiger partial charge in [-0.1, -0.05) is 30.3 Å². The van der Waals surface area contributed by atoms with E-state index in [0.29, 0.717) is 25.2 Å². The van der Waals surface area contributed by atoms with Crippen molar-refractivity contribution in [3.05, 3.63) is 52.8 Å². The Morgan fingerprint density at radius 1 is 1.19 bits per heavy atom. The number of nitrogen functional groups attached to an aromatic ring is 1. The second kappa shape index (κ2) is 7.34. The number of nitrogens with zero attached hydrogens (tertiary/aromatic N) is 3. The Balaban J connectivity index is 1.45. The molecule has 1 fully saturated rings. The molecule has 1 atom stereocenters. The SMILES string of the molecule is Nc1nc2c(c(C(=O)N[C@@H]3CC(=O)N(Cc4ccccc4)C3)n1)CCCC2. The highest BCUT2D eigenvalue weighted by atomic mass is 16.2. The number of fused-ring (bicyclic) bond motifs is 1. The van der Waals surface area contributed by atoms with E-state index in [1.165, 1.54) is 0 Å². The van der Waals surface area contributed by atoms with Crippen LogP contribution in [0, 0.1) is 0 Å². The smallest absolute Gasteiger partial charge is 0.270 e. The molecule has 0 saturated carbocycles.